The topological polar surface area (TPSA) is 33.4 Å². The fraction of sp³-hybridized carbons (Fsp3) is 0.0909. The summed E-state index contributed by atoms with van der Waals surface area (Å²) in [6.45, 7) is 0. The Labute approximate surface area is 80.6 Å². The molecular weight excluding hydrogens is 183 g/mol. The lowest BCUT2D eigenvalue weighted by atomic mass is 10.1. The van der Waals surface area contributed by atoms with Crippen LogP contribution in [-0.4, -0.2) is 5.11 Å². The third-order valence-electron chi connectivity index (χ3n) is 2.01. The number of hydrogen-bond acceptors (Lipinski definition) is 2. The fourth-order valence-electron chi connectivity index (χ4n) is 1.30. The molecule has 0 bridgehead atoms. The molecule has 72 valence electrons. The van der Waals surface area contributed by atoms with E-state index in [0.29, 0.717) is 5.76 Å². The van der Waals surface area contributed by atoms with E-state index < -0.39 is 11.9 Å². The van der Waals surface area contributed by atoms with Gasteiger partial charge in [-0.05, 0) is 18.2 Å². The van der Waals surface area contributed by atoms with Gasteiger partial charge in [-0.1, -0.05) is 18.2 Å². The molecule has 1 unspecified atom stereocenters. The molecule has 1 N–H and O–H groups in total. The minimum Gasteiger partial charge on any atom is -0.466 e. The maximum Gasteiger partial charge on any atom is 0.139 e. The Balaban J connectivity index is 2.37. The zero-order chi connectivity index (χ0) is 9.97. The summed E-state index contributed by atoms with van der Waals surface area (Å²) >= 11 is 0. The van der Waals surface area contributed by atoms with E-state index in [4.69, 9.17) is 4.42 Å². The van der Waals surface area contributed by atoms with Gasteiger partial charge in [0.15, 0.2) is 0 Å². The quantitative estimate of drug-likeness (QED) is 0.793. The summed E-state index contributed by atoms with van der Waals surface area (Å²) in [4.78, 5) is 0. The highest BCUT2D eigenvalue weighted by atomic mass is 19.1. The smallest absolute Gasteiger partial charge is 0.139 e. The highest BCUT2D eigenvalue weighted by Gasteiger charge is 2.16. The molecule has 0 saturated carbocycles. The van der Waals surface area contributed by atoms with Gasteiger partial charge in [-0.3, -0.25) is 0 Å². The molecule has 0 aliphatic heterocycles. The van der Waals surface area contributed by atoms with Crippen molar-refractivity contribution in [2.24, 2.45) is 0 Å². The zero-order valence-electron chi connectivity index (χ0n) is 7.35. The van der Waals surface area contributed by atoms with Gasteiger partial charge in [-0.2, -0.15) is 0 Å². The van der Waals surface area contributed by atoms with Crippen LogP contribution < -0.4 is 0 Å². The number of rotatable bonds is 2. The van der Waals surface area contributed by atoms with Crippen LogP contribution in [0.1, 0.15) is 17.4 Å². The molecule has 1 atom stereocenters. The van der Waals surface area contributed by atoms with Crippen molar-refractivity contribution in [3.8, 4) is 0 Å². The molecule has 2 rings (SSSR count). The van der Waals surface area contributed by atoms with Gasteiger partial charge in [-0.15, -0.1) is 0 Å². The fourth-order valence-corrected chi connectivity index (χ4v) is 1.30. The molecule has 0 radical (unpaired) electrons. The summed E-state index contributed by atoms with van der Waals surface area (Å²) in [5.74, 6) is -0.0912. The van der Waals surface area contributed by atoms with Crippen LogP contribution >= 0.6 is 0 Å². The van der Waals surface area contributed by atoms with Gasteiger partial charge >= 0.3 is 0 Å². The number of aliphatic hydroxyl groups is 1. The van der Waals surface area contributed by atoms with E-state index in [9.17, 15) is 9.50 Å². The average molecular weight is 192 g/mol. The molecule has 3 heteroatoms. The molecule has 0 saturated heterocycles. The standard InChI is InChI=1S/C11H9FO2/c12-9-5-2-1-4-8(9)11(13)10-6-3-7-14-10/h1-7,11,13H. The molecule has 0 spiro atoms. The van der Waals surface area contributed by atoms with Crippen LogP contribution in [0.3, 0.4) is 0 Å². The van der Waals surface area contributed by atoms with Crippen LogP contribution in [0.15, 0.2) is 47.1 Å². The SMILES string of the molecule is OC(c1ccco1)c1ccccc1F. The second-order valence-electron chi connectivity index (χ2n) is 2.94. The second-order valence-corrected chi connectivity index (χ2v) is 2.94. The van der Waals surface area contributed by atoms with Crippen LogP contribution in [0.5, 0.6) is 0 Å². The van der Waals surface area contributed by atoms with E-state index in [1.807, 2.05) is 0 Å². The van der Waals surface area contributed by atoms with E-state index >= 15 is 0 Å². The number of furan rings is 1. The lowest BCUT2D eigenvalue weighted by Crippen LogP contribution is -2.00. The Hall–Kier alpha value is -1.61. The van der Waals surface area contributed by atoms with Gasteiger partial charge in [0.05, 0.1) is 6.26 Å². The van der Waals surface area contributed by atoms with Crippen molar-refractivity contribution in [1.82, 2.24) is 0 Å². The van der Waals surface area contributed by atoms with Crippen molar-refractivity contribution in [1.29, 1.82) is 0 Å². The van der Waals surface area contributed by atoms with E-state index in [0.717, 1.165) is 0 Å². The molecular formula is C11H9FO2. The molecule has 1 aromatic carbocycles. The maximum atomic E-state index is 13.2. The molecule has 0 fully saturated rings. The van der Waals surface area contributed by atoms with Crippen LogP contribution in [0.4, 0.5) is 4.39 Å². The van der Waals surface area contributed by atoms with Gasteiger partial charge in [-0.25, -0.2) is 4.39 Å². The molecule has 2 nitrogen and oxygen atoms in total. The van der Waals surface area contributed by atoms with Crippen molar-refractivity contribution in [2.75, 3.05) is 0 Å². The summed E-state index contributed by atoms with van der Waals surface area (Å²) in [6, 6.07) is 9.35. The lowest BCUT2D eigenvalue weighted by molar-refractivity contribution is 0.185. The van der Waals surface area contributed by atoms with Gasteiger partial charge < -0.3 is 9.52 Å². The minimum atomic E-state index is -1.04. The Morgan fingerprint density at radius 3 is 2.57 bits per heavy atom. The van der Waals surface area contributed by atoms with Crippen LogP contribution in [0.25, 0.3) is 0 Å². The van der Waals surface area contributed by atoms with Gasteiger partial charge in [0.2, 0.25) is 0 Å². The van der Waals surface area contributed by atoms with Crippen molar-refractivity contribution < 1.29 is 13.9 Å². The van der Waals surface area contributed by atoms with Crippen molar-refractivity contribution in [2.45, 2.75) is 6.10 Å². The van der Waals surface area contributed by atoms with Crippen molar-refractivity contribution >= 4 is 0 Å². The molecule has 0 aliphatic rings. The Morgan fingerprint density at radius 1 is 1.14 bits per heavy atom. The van der Waals surface area contributed by atoms with Crippen LogP contribution in [0.2, 0.25) is 0 Å². The van der Waals surface area contributed by atoms with E-state index in [2.05, 4.69) is 0 Å². The first kappa shape index (κ1) is 8.97. The number of aliphatic hydroxyl groups excluding tert-OH is 1. The Morgan fingerprint density at radius 2 is 1.93 bits per heavy atom. The number of hydrogen-bond donors (Lipinski definition) is 1. The minimum absolute atomic E-state index is 0.224. The molecule has 1 heterocycles. The predicted octanol–water partition coefficient (Wildman–Crippen LogP) is 2.50. The molecule has 0 amide bonds. The van der Waals surface area contributed by atoms with Crippen LogP contribution in [0, 0.1) is 5.82 Å². The summed E-state index contributed by atoms with van der Waals surface area (Å²) in [5, 5.41) is 9.73. The monoisotopic (exact) mass is 192 g/mol. The predicted molar refractivity (Wildman–Crippen MR) is 49.2 cm³/mol. The zero-order valence-corrected chi connectivity index (χ0v) is 7.35. The first-order valence-electron chi connectivity index (χ1n) is 4.25. The number of benzene rings is 1. The first-order valence-corrected chi connectivity index (χ1v) is 4.25. The third kappa shape index (κ3) is 1.54. The molecule has 1 aromatic heterocycles. The summed E-state index contributed by atoms with van der Waals surface area (Å²) < 4.78 is 18.2. The van der Waals surface area contributed by atoms with E-state index in [1.165, 1.54) is 18.4 Å². The molecule has 14 heavy (non-hydrogen) atoms. The highest BCUT2D eigenvalue weighted by Crippen LogP contribution is 2.23. The third-order valence-corrected chi connectivity index (χ3v) is 2.01. The van der Waals surface area contributed by atoms with Gasteiger partial charge in [0, 0.05) is 5.56 Å². The largest absolute Gasteiger partial charge is 0.466 e. The van der Waals surface area contributed by atoms with E-state index in [-0.39, 0.29) is 5.56 Å². The molecule has 2 aromatic rings. The van der Waals surface area contributed by atoms with Crippen molar-refractivity contribution in [3.63, 3.8) is 0 Å². The normalized spacial score (nSPS) is 12.7. The number of halogens is 1. The van der Waals surface area contributed by atoms with Crippen LogP contribution in [-0.2, 0) is 0 Å². The van der Waals surface area contributed by atoms with Crippen molar-refractivity contribution in [3.05, 3.63) is 59.8 Å². The first-order chi connectivity index (χ1) is 6.79. The Bertz CT molecular complexity index is 409. The second kappa shape index (κ2) is 3.64. The molecule has 0 aliphatic carbocycles. The highest BCUT2D eigenvalue weighted by molar-refractivity contribution is 5.25. The summed E-state index contributed by atoms with van der Waals surface area (Å²) in [5.41, 5.74) is 0.224. The Kier molecular flexibility index (Phi) is 2.33. The van der Waals surface area contributed by atoms with Gasteiger partial charge in [0.1, 0.15) is 17.7 Å². The maximum absolute atomic E-state index is 13.2. The summed E-state index contributed by atoms with van der Waals surface area (Å²) in [7, 11) is 0. The van der Waals surface area contributed by atoms with E-state index in [1.54, 1.807) is 24.3 Å². The van der Waals surface area contributed by atoms with Gasteiger partial charge in [0.25, 0.3) is 0 Å². The summed E-state index contributed by atoms with van der Waals surface area (Å²) in [6.07, 6.45) is 0.408. The lowest BCUT2D eigenvalue weighted by Gasteiger charge is -2.08. The average Bonchev–Trinajstić information content (AvgIpc) is 2.70.